The SMILES string of the molecule is O=C1C2CCCCC2C(=O)N1Br. The van der Waals surface area contributed by atoms with Crippen molar-refractivity contribution in [3.63, 3.8) is 0 Å². The lowest BCUT2D eigenvalue weighted by atomic mass is 9.81. The zero-order valence-corrected chi connectivity index (χ0v) is 8.21. The van der Waals surface area contributed by atoms with Crippen LogP contribution in [-0.4, -0.2) is 15.7 Å². The van der Waals surface area contributed by atoms with E-state index >= 15 is 0 Å². The van der Waals surface area contributed by atoms with E-state index in [1.807, 2.05) is 0 Å². The van der Waals surface area contributed by atoms with Gasteiger partial charge in [-0.3, -0.25) is 9.59 Å². The Morgan fingerprint density at radius 3 is 1.92 bits per heavy atom. The highest BCUT2D eigenvalue weighted by molar-refractivity contribution is 9.08. The van der Waals surface area contributed by atoms with Gasteiger partial charge >= 0.3 is 0 Å². The molecule has 4 heteroatoms. The minimum absolute atomic E-state index is 0.0226. The summed E-state index contributed by atoms with van der Waals surface area (Å²) in [4.78, 5) is 22.8. The summed E-state index contributed by atoms with van der Waals surface area (Å²) in [6, 6.07) is 0. The summed E-state index contributed by atoms with van der Waals surface area (Å²) in [7, 11) is 0. The number of nitrogens with zero attached hydrogens (tertiary/aromatic N) is 1. The van der Waals surface area contributed by atoms with Crippen LogP contribution in [0.25, 0.3) is 0 Å². The molecule has 12 heavy (non-hydrogen) atoms. The molecule has 0 aromatic carbocycles. The zero-order valence-electron chi connectivity index (χ0n) is 6.62. The molecule has 3 nitrogen and oxygen atoms in total. The maximum Gasteiger partial charge on any atom is 0.243 e. The molecule has 1 saturated carbocycles. The van der Waals surface area contributed by atoms with Crippen LogP contribution in [0.15, 0.2) is 0 Å². The van der Waals surface area contributed by atoms with Crippen molar-refractivity contribution in [2.75, 3.05) is 0 Å². The molecule has 0 aromatic heterocycles. The van der Waals surface area contributed by atoms with Gasteiger partial charge in [-0.05, 0) is 12.8 Å². The molecule has 1 heterocycles. The second-order valence-corrected chi connectivity index (χ2v) is 4.16. The second-order valence-electron chi connectivity index (χ2n) is 3.45. The summed E-state index contributed by atoms with van der Waals surface area (Å²) >= 11 is 2.99. The molecule has 2 aliphatic rings. The molecule has 2 amide bonds. The maximum atomic E-state index is 11.4. The summed E-state index contributed by atoms with van der Waals surface area (Å²) < 4.78 is 1.12. The molecule has 2 fully saturated rings. The number of carbonyl (C=O) groups excluding carboxylic acids is 2. The number of hydrogen-bond donors (Lipinski definition) is 0. The van der Waals surface area contributed by atoms with Crippen molar-refractivity contribution in [3.05, 3.63) is 0 Å². The first-order valence-electron chi connectivity index (χ1n) is 4.25. The topological polar surface area (TPSA) is 37.4 Å². The minimum atomic E-state index is -0.0373. The predicted octanol–water partition coefficient (Wildman–Crippen LogP) is 1.47. The lowest BCUT2D eigenvalue weighted by Gasteiger charge is -2.19. The second kappa shape index (κ2) is 2.83. The molecular formula is C8H10BrNO2. The van der Waals surface area contributed by atoms with Gasteiger partial charge < -0.3 is 0 Å². The largest absolute Gasteiger partial charge is 0.273 e. The summed E-state index contributed by atoms with van der Waals surface area (Å²) in [5, 5.41) is 0. The molecule has 2 rings (SSSR count). The van der Waals surface area contributed by atoms with Crippen molar-refractivity contribution in [1.29, 1.82) is 0 Å². The Hall–Kier alpha value is -0.380. The van der Waals surface area contributed by atoms with Crippen LogP contribution in [0.3, 0.4) is 0 Å². The number of rotatable bonds is 0. The molecule has 1 aliphatic carbocycles. The molecule has 0 N–H and O–H groups in total. The Morgan fingerprint density at radius 1 is 1.08 bits per heavy atom. The van der Waals surface area contributed by atoms with Gasteiger partial charge in [0.15, 0.2) is 0 Å². The number of hydrogen-bond acceptors (Lipinski definition) is 2. The fourth-order valence-electron chi connectivity index (χ4n) is 2.12. The minimum Gasteiger partial charge on any atom is -0.273 e. The highest BCUT2D eigenvalue weighted by Gasteiger charge is 2.47. The van der Waals surface area contributed by atoms with Crippen LogP contribution >= 0.6 is 16.1 Å². The van der Waals surface area contributed by atoms with E-state index in [0.29, 0.717) is 0 Å². The maximum absolute atomic E-state index is 11.4. The zero-order chi connectivity index (χ0) is 8.72. The van der Waals surface area contributed by atoms with Gasteiger partial charge in [0.25, 0.3) is 0 Å². The van der Waals surface area contributed by atoms with Crippen molar-refractivity contribution >= 4 is 28.0 Å². The average molecular weight is 232 g/mol. The molecule has 2 unspecified atom stereocenters. The van der Waals surface area contributed by atoms with Crippen molar-refractivity contribution in [2.24, 2.45) is 11.8 Å². The monoisotopic (exact) mass is 231 g/mol. The van der Waals surface area contributed by atoms with Gasteiger partial charge in [-0.1, -0.05) is 12.8 Å². The van der Waals surface area contributed by atoms with E-state index in [0.717, 1.165) is 29.6 Å². The van der Waals surface area contributed by atoms with Crippen LogP contribution < -0.4 is 0 Å². The summed E-state index contributed by atoms with van der Waals surface area (Å²) in [5.74, 6) is -0.120. The number of amides is 2. The quantitative estimate of drug-likeness (QED) is 0.468. The molecule has 2 atom stereocenters. The van der Waals surface area contributed by atoms with E-state index in [2.05, 4.69) is 16.1 Å². The van der Waals surface area contributed by atoms with Gasteiger partial charge in [0.05, 0.1) is 28.0 Å². The molecular weight excluding hydrogens is 222 g/mol. The number of imide groups is 1. The third-order valence-corrected chi connectivity index (χ3v) is 3.49. The number of halogens is 1. The Balaban J connectivity index is 2.25. The Kier molecular flexibility index (Phi) is 1.94. The highest BCUT2D eigenvalue weighted by Crippen LogP contribution is 2.38. The van der Waals surface area contributed by atoms with Gasteiger partial charge in [-0.2, -0.15) is 0 Å². The first kappa shape index (κ1) is 8.23. The van der Waals surface area contributed by atoms with Crippen LogP contribution in [0.4, 0.5) is 0 Å². The summed E-state index contributed by atoms with van der Waals surface area (Å²) in [6.07, 6.45) is 3.94. The normalized spacial score (nSPS) is 35.6. The Bertz CT molecular complexity index is 217. The van der Waals surface area contributed by atoms with E-state index in [4.69, 9.17) is 0 Å². The fourth-order valence-corrected chi connectivity index (χ4v) is 2.65. The van der Waals surface area contributed by atoms with E-state index in [-0.39, 0.29) is 23.7 Å². The van der Waals surface area contributed by atoms with Gasteiger partial charge in [0, 0.05) is 0 Å². The van der Waals surface area contributed by atoms with E-state index < -0.39 is 0 Å². The number of carbonyl (C=O) groups is 2. The van der Waals surface area contributed by atoms with Crippen LogP contribution in [-0.2, 0) is 9.59 Å². The molecule has 66 valence electrons. The van der Waals surface area contributed by atoms with Crippen molar-refractivity contribution in [3.8, 4) is 0 Å². The van der Waals surface area contributed by atoms with Crippen LogP contribution in [0, 0.1) is 11.8 Å². The van der Waals surface area contributed by atoms with Gasteiger partial charge in [0.1, 0.15) is 0 Å². The standard InChI is InChI=1S/C8H10BrNO2/c9-10-7(11)5-3-1-2-4-6(5)8(10)12/h5-6H,1-4H2. The van der Waals surface area contributed by atoms with Crippen molar-refractivity contribution in [2.45, 2.75) is 25.7 Å². The summed E-state index contributed by atoms with van der Waals surface area (Å²) in [5.41, 5.74) is 0. The van der Waals surface area contributed by atoms with Gasteiger partial charge in [0.2, 0.25) is 11.8 Å². The lowest BCUT2D eigenvalue weighted by Crippen LogP contribution is -2.21. The van der Waals surface area contributed by atoms with Crippen LogP contribution in [0.1, 0.15) is 25.7 Å². The molecule has 0 radical (unpaired) electrons. The molecule has 0 bridgehead atoms. The highest BCUT2D eigenvalue weighted by atomic mass is 79.9. The predicted molar refractivity (Wildman–Crippen MR) is 46.2 cm³/mol. The smallest absolute Gasteiger partial charge is 0.243 e. The molecule has 0 aromatic rings. The number of fused-ring (bicyclic) bond motifs is 1. The third kappa shape index (κ3) is 1.01. The summed E-state index contributed by atoms with van der Waals surface area (Å²) in [6.45, 7) is 0. The Labute approximate surface area is 79.4 Å². The lowest BCUT2D eigenvalue weighted by molar-refractivity contribution is -0.132. The van der Waals surface area contributed by atoms with Gasteiger partial charge in [-0.15, -0.1) is 0 Å². The first-order chi connectivity index (χ1) is 5.72. The van der Waals surface area contributed by atoms with E-state index in [1.165, 1.54) is 0 Å². The first-order valence-corrected chi connectivity index (χ1v) is 4.96. The Morgan fingerprint density at radius 2 is 1.50 bits per heavy atom. The van der Waals surface area contributed by atoms with Crippen LogP contribution in [0.5, 0.6) is 0 Å². The van der Waals surface area contributed by atoms with Crippen LogP contribution in [0.2, 0.25) is 0 Å². The fraction of sp³-hybridized carbons (Fsp3) is 0.750. The van der Waals surface area contributed by atoms with Crippen molar-refractivity contribution < 1.29 is 9.59 Å². The molecule has 1 aliphatic heterocycles. The average Bonchev–Trinajstić information content (AvgIpc) is 2.33. The van der Waals surface area contributed by atoms with E-state index in [9.17, 15) is 9.59 Å². The van der Waals surface area contributed by atoms with Gasteiger partial charge in [-0.25, -0.2) is 3.93 Å². The molecule has 0 spiro atoms. The third-order valence-electron chi connectivity index (χ3n) is 2.79. The van der Waals surface area contributed by atoms with Crippen molar-refractivity contribution in [1.82, 2.24) is 3.93 Å². The molecule has 1 saturated heterocycles. The van der Waals surface area contributed by atoms with E-state index in [1.54, 1.807) is 0 Å².